The van der Waals surface area contributed by atoms with E-state index < -0.39 is 6.04 Å². The number of pyridine rings is 1. The first-order valence-corrected chi connectivity index (χ1v) is 10.5. The van der Waals surface area contributed by atoms with E-state index in [0.717, 1.165) is 44.7 Å². The molecule has 2 aromatic carbocycles. The lowest BCUT2D eigenvalue weighted by molar-refractivity contribution is -0.119. The van der Waals surface area contributed by atoms with Gasteiger partial charge in [-0.2, -0.15) is 0 Å². The average Bonchev–Trinajstić information content (AvgIpc) is 3.29. The van der Waals surface area contributed by atoms with Gasteiger partial charge in [-0.1, -0.05) is 30.8 Å². The number of ether oxygens (including phenoxy) is 1. The third-order valence-corrected chi connectivity index (χ3v) is 6.03. The van der Waals surface area contributed by atoms with E-state index in [1.54, 1.807) is 19.1 Å². The summed E-state index contributed by atoms with van der Waals surface area (Å²) in [5, 5.41) is 4.42. The number of nitrogens with one attached hydrogen (secondary N) is 2. The highest BCUT2D eigenvalue weighted by Crippen LogP contribution is 2.32. The fourth-order valence-electron chi connectivity index (χ4n) is 4.29. The smallest absolute Gasteiger partial charge is 0.249 e. The van der Waals surface area contributed by atoms with Crippen LogP contribution in [-0.2, 0) is 11.2 Å². The number of methoxy groups -OCH3 is 1. The second-order valence-corrected chi connectivity index (χ2v) is 7.96. The fraction of sp³-hybridized carbons (Fsp3) is 0.154. The summed E-state index contributed by atoms with van der Waals surface area (Å²) in [7, 11) is 3.43. The van der Waals surface area contributed by atoms with Crippen LogP contribution < -0.4 is 15.0 Å². The largest absolute Gasteiger partial charge is 0.497 e. The fourth-order valence-corrected chi connectivity index (χ4v) is 4.29. The molecule has 2 aromatic heterocycles. The summed E-state index contributed by atoms with van der Waals surface area (Å²) >= 11 is 0. The predicted octanol–water partition coefficient (Wildman–Crippen LogP) is 4.39. The zero-order valence-electron chi connectivity index (χ0n) is 18.1. The van der Waals surface area contributed by atoms with E-state index in [1.807, 2.05) is 42.7 Å². The highest BCUT2D eigenvalue weighted by molar-refractivity contribution is 6.02. The Balaban J connectivity index is 1.40. The summed E-state index contributed by atoms with van der Waals surface area (Å²) in [6.45, 7) is 4.17. The molecule has 0 bridgehead atoms. The number of benzene rings is 2. The summed E-state index contributed by atoms with van der Waals surface area (Å²) in [5.41, 5.74) is 6.59. The molecule has 32 heavy (non-hydrogen) atoms. The molecule has 4 aromatic rings. The second-order valence-electron chi connectivity index (χ2n) is 7.96. The zero-order chi connectivity index (χ0) is 22.2. The first-order chi connectivity index (χ1) is 15.5. The molecule has 1 atom stereocenters. The van der Waals surface area contributed by atoms with Gasteiger partial charge in [-0.3, -0.25) is 4.79 Å². The second kappa shape index (κ2) is 7.89. The topological polar surface area (TPSA) is 70.2 Å². The number of aromatic amines is 1. The number of carbonyl (C=O) groups is 1. The van der Waals surface area contributed by atoms with Crippen LogP contribution in [0.3, 0.4) is 0 Å². The molecule has 160 valence electrons. The number of hydrogen-bond donors (Lipinski definition) is 2. The molecule has 6 heteroatoms. The van der Waals surface area contributed by atoms with Crippen molar-refractivity contribution in [2.24, 2.45) is 0 Å². The summed E-state index contributed by atoms with van der Waals surface area (Å²) in [5.74, 6) is 0.733. The number of likely N-dealkylation sites (N-methyl/N-ethyl adjacent to an activating group) is 1. The average molecular weight is 425 g/mol. The lowest BCUT2D eigenvalue weighted by Gasteiger charge is -2.21. The van der Waals surface area contributed by atoms with Crippen molar-refractivity contribution in [1.82, 2.24) is 15.3 Å². The Kier molecular flexibility index (Phi) is 4.90. The van der Waals surface area contributed by atoms with Crippen molar-refractivity contribution in [3.8, 4) is 16.9 Å². The first kappa shape index (κ1) is 19.9. The Bertz CT molecular complexity index is 1320. The van der Waals surface area contributed by atoms with Gasteiger partial charge in [-0.15, -0.1) is 0 Å². The maximum absolute atomic E-state index is 13.2. The minimum absolute atomic E-state index is 0.00214. The van der Waals surface area contributed by atoms with Crippen molar-refractivity contribution in [3.05, 3.63) is 84.7 Å². The van der Waals surface area contributed by atoms with Crippen LogP contribution >= 0.6 is 0 Å². The van der Waals surface area contributed by atoms with Crippen molar-refractivity contribution < 1.29 is 9.53 Å². The summed E-state index contributed by atoms with van der Waals surface area (Å²) < 4.78 is 5.35. The van der Waals surface area contributed by atoms with Crippen LogP contribution in [0.5, 0.6) is 5.75 Å². The molecule has 0 radical (unpaired) electrons. The normalized spacial score (nSPS) is 15.9. The monoisotopic (exact) mass is 424 g/mol. The minimum Gasteiger partial charge on any atom is -0.497 e. The quantitative estimate of drug-likeness (QED) is 0.510. The van der Waals surface area contributed by atoms with Gasteiger partial charge < -0.3 is 19.9 Å². The van der Waals surface area contributed by atoms with Gasteiger partial charge in [0.15, 0.2) is 0 Å². The van der Waals surface area contributed by atoms with E-state index in [2.05, 4.69) is 46.1 Å². The molecule has 1 amide bonds. The SMILES string of the molecule is C=C1NC(Cc2ccc(-c3ccnc4[nH]ccc34)cc2)C(=O)N(C)c2ccc(OC)cc21. The van der Waals surface area contributed by atoms with Crippen LogP contribution in [0.2, 0.25) is 0 Å². The molecule has 0 fully saturated rings. The van der Waals surface area contributed by atoms with E-state index >= 15 is 0 Å². The Morgan fingerprint density at radius 3 is 2.69 bits per heavy atom. The minimum atomic E-state index is -0.408. The molecule has 0 spiro atoms. The number of carbonyl (C=O) groups excluding carboxylic acids is 1. The lowest BCUT2D eigenvalue weighted by Crippen LogP contribution is -2.43. The van der Waals surface area contributed by atoms with E-state index in [1.165, 1.54) is 0 Å². The van der Waals surface area contributed by atoms with Crippen molar-refractivity contribution in [2.75, 3.05) is 19.1 Å². The number of aromatic nitrogens is 2. The molecule has 0 saturated heterocycles. The Morgan fingerprint density at radius 2 is 1.91 bits per heavy atom. The molecule has 6 nitrogen and oxygen atoms in total. The molecule has 0 saturated carbocycles. The number of H-pyrrole nitrogens is 1. The Hall–Kier alpha value is -4.06. The summed E-state index contributed by atoms with van der Waals surface area (Å²) in [6, 6.07) is 17.6. The summed E-state index contributed by atoms with van der Waals surface area (Å²) in [4.78, 5) is 22.4. The van der Waals surface area contributed by atoms with E-state index in [4.69, 9.17) is 4.74 Å². The number of nitrogens with zero attached hydrogens (tertiary/aromatic N) is 2. The van der Waals surface area contributed by atoms with Gasteiger partial charge >= 0.3 is 0 Å². The Labute approximate surface area is 186 Å². The molecule has 5 rings (SSSR count). The van der Waals surface area contributed by atoms with Crippen molar-refractivity contribution in [1.29, 1.82) is 0 Å². The van der Waals surface area contributed by atoms with Crippen LogP contribution in [0, 0.1) is 0 Å². The van der Waals surface area contributed by atoms with Crippen molar-refractivity contribution >= 4 is 28.3 Å². The highest BCUT2D eigenvalue weighted by Gasteiger charge is 2.29. The van der Waals surface area contributed by atoms with Crippen LogP contribution in [0.25, 0.3) is 27.9 Å². The number of fused-ring (bicyclic) bond motifs is 2. The Morgan fingerprint density at radius 1 is 1.09 bits per heavy atom. The molecule has 1 aliphatic rings. The third kappa shape index (κ3) is 3.39. The molecular weight excluding hydrogens is 400 g/mol. The van der Waals surface area contributed by atoms with Gasteiger partial charge in [0.05, 0.1) is 12.8 Å². The molecule has 1 unspecified atom stereocenters. The van der Waals surface area contributed by atoms with Crippen molar-refractivity contribution in [2.45, 2.75) is 12.5 Å². The first-order valence-electron chi connectivity index (χ1n) is 10.5. The third-order valence-electron chi connectivity index (χ3n) is 6.03. The number of hydrogen-bond acceptors (Lipinski definition) is 4. The highest BCUT2D eigenvalue weighted by atomic mass is 16.5. The van der Waals surface area contributed by atoms with Gasteiger partial charge in [0.2, 0.25) is 5.91 Å². The lowest BCUT2D eigenvalue weighted by atomic mass is 9.99. The van der Waals surface area contributed by atoms with Crippen LogP contribution in [-0.4, -0.2) is 36.1 Å². The van der Waals surface area contributed by atoms with E-state index in [-0.39, 0.29) is 5.91 Å². The van der Waals surface area contributed by atoms with Gasteiger partial charge in [-0.05, 0) is 47.0 Å². The predicted molar refractivity (Wildman–Crippen MR) is 128 cm³/mol. The molecule has 2 N–H and O–H groups in total. The molecule has 1 aliphatic heterocycles. The molecule has 3 heterocycles. The van der Waals surface area contributed by atoms with Crippen molar-refractivity contribution in [3.63, 3.8) is 0 Å². The van der Waals surface area contributed by atoms with Gasteiger partial charge in [-0.25, -0.2) is 4.98 Å². The van der Waals surface area contributed by atoms with Crippen LogP contribution in [0.1, 0.15) is 11.1 Å². The summed E-state index contributed by atoms with van der Waals surface area (Å²) in [6.07, 6.45) is 4.27. The number of rotatable bonds is 4. The number of amides is 1. The standard InChI is InChI=1S/C26H24N4O2/c1-16-22-15-19(32-3)8-9-24(22)30(2)26(31)23(29-16)14-17-4-6-18(7-5-17)20-10-12-27-25-21(20)11-13-28-25/h4-13,15,23,29H,1,14H2,2-3H3,(H,27,28). The maximum atomic E-state index is 13.2. The molecular formula is C26H24N4O2. The zero-order valence-corrected chi connectivity index (χ0v) is 18.1. The van der Waals surface area contributed by atoms with E-state index in [9.17, 15) is 4.79 Å². The van der Waals surface area contributed by atoms with Crippen LogP contribution in [0.15, 0.2) is 73.6 Å². The van der Waals surface area contributed by atoms with Gasteiger partial charge in [0, 0.05) is 42.5 Å². The maximum Gasteiger partial charge on any atom is 0.249 e. The van der Waals surface area contributed by atoms with Gasteiger partial charge in [0.25, 0.3) is 0 Å². The van der Waals surface area contributed by atoms with Crippen LogP contribution in [0.4, 0.5) is 5.69 Å². The number of anilines is 1. The van der Waals surface area contributed by atoms with E-state index in [0.29, 0.717) is 12.1 Å². The van der Waals surface area contributed by atoms with Gasteiger partial charge in [0.1, 0.15) is 17.4 Å². The molecule has 0 aliphatic carbocycles.